The van der Waals surface area contributed by atoms with Crippen LogP contribution in [0.4, 0.5) is 0 Å². The summed E-state index contributed by atoms with van der Waals surface area (Å²) in [5, 5.41) is 8.55. The second kappa shape index (κ2) is 48.0. The van der Waals surface area contributed by atoms with Crippen LogP contribution in [0.25, 0.3) is 0 Å². The molecule has 0 saturated carbocycles. The SMILES string of the molecule is CCOC(=O)C[N+]1=Cc2ccccc2CC1.CN(C)CC[N+]1=Cc2ccccc2CC1.C[N+](C)(C)CCC[N+]1=Cc2ccccc2CC1.C[N+](C)(C)CC[N+]1=Cc2ccccc2CC1.Cc1ccc(S(=O)(=O)[O-])cc1.Cc1ccc(S(=O)(=O)[O-])cc1.N#CC[N+]1=Cc2ccccc2CC1.[Br-].[Br-].[Br-].[Cl-].[Cl-]. The number of esters is 1. The first-order valence-electron chi connectivity index (χ1n) is 34.2. The van der Waals surface area contributed by atoms with E-state index in [1.807, 2.05) is 49.8 Å². The van der Waals surface area contributed by atoms with E-state index in [1.54, 1.807) is 24.3 Å². The van der Waals surface area contributed by atoms with Crippen molar-refractivity contribution in [2.45, 2.75) is 69.1 Å². The molecule has 0 fully saturated rings. The van der Waals surface area contributed by atoms with Crippen molar-refractivity contribution in [3.63, 3.8) is 0 Å². The zero-order chi connectivity index (χ0) is 72.0. The lowest BCUT2D eigenvalue weighted by Gasteiger charge is -2.23. The molecule has 104 heavy (non-hydrogen) atoms. The van der Waals surface area contributed by atoms with Gasteiger partial charge in [0, 0.05) is 59.9 Å². The fourth-order valence-corrected chi connectivity index (χ4v) is 12.2. The molecule has 0 atom stereocenters. The Hall–Kier alpha value is -6.43. The van der Waals surface area contributed by atoms with Crippen LogP contribution >= 0.6 is 0 Å². The lowest BCUT2D eigenvalue weighted by molar-refractivity contribution is -0.878. The van der Waals surface area contributed by atoms with Crippen LogP contribution in [0.2, 0.25) is 0 Å². The molecule has 0 spiro atoms. The molecule has 0 aliphatic carbocycles. The molecule has 12 rings (SSSR count). The fraction of sp³-hybridized carbons (Fsp3) is 0.388. The molecule has 0 saturated heterocycles. The zero-order valence-corrected chi connectivity index (χ0v) is 70.1. The van der Waals surface area contributed by atoms with Gasteiger partial charge in [0.1, 0.15) is 72.1 Å². The lowest BCUT2D eigenvalue weighted by atomic mass is 10.0. The maximum atomic E-state index is 11.3. The highest BCUT2D eigenvalue weighted by Gasteiger charge is 2.22. The molecule has 5 heterocycles. The minimum atomic E-state index is -4.27. The zero-order valence-electron chi connectivity index (χ0n) is 62.2. The number of quaternary nitrogens is 2. The van der Waals surface area contributed by atoms with Crippen LogP contribution in [-0.2, 0) is 61.9 Å². The van der Waals surface area contributed by atoms with Crippen LogP contribution in [0.15, 0.2) is 180 Å². The van der Waals surface area contributed by atoms with E-state index in [-0.39, 0.29) is 91.5 Å². The molecule has 0 amide bonds. The van der Waals surface area contributed by atoms with Gasteiger partial charge in [0.2, 0.25) is 13.1 Å². The molecule has 0 unspecified atom stereocenters. The number of carbonyl (C=O) groups excluding carboxylic acids is 1. The number of ether oxygens (including phenoxy) is 1. The van der Waals surface area contributed by atoms with Crippen LogP contribution in [0.1, 0.15) is 80.1 Å². The Bertz CT molecular complexity index is 4160. The Labute approximate surface area is 665 Å². The van der Waals surface area contributed by atoms with Crippen molar-refractivity contribution in [3.05, 3.63) is 237 Å². The summed E-state index contributed by atoms with van der Waals surface area (Å²) in [6, 6.07) is 56.5. The number of hydrogen-bond acceptors (Lipinski definition) is 10. The quantitative estimate of drug-likeness (QED) is 0.0297. The van der Waals surface area contributed by atoms with Crippen molar-refractivity contribution in [2.75, 3.05) is 148 Å². The number of carbonyl (C=O) groups is 1. The minimum Gasteiger partial charge on any atom is -1.00 e. The van der Waals surface area contributed by atoms with Gasteiger partial charge in [-0.25, -0.2) is 44.5 Å². The van der Waals surface area contributed by atoms with Gasteiger partial charge in [-0.15, -0.1) is 0 Å². The molecule has 7 aromatic rings. The number of nitriles is 1. The molecule has 0 aromatic heterocycles. The Morgan fingerprint density at radius 1 is 0.462 bits per heavy atom. The molecule has 0 radical (unpaired) electrons. The van der Waals surface area contributed by atoms with E-state index in [1.165, 1.54) is 132 Å². The monoisotopic (exact) mass is 1690 g/mol. The molecule has 566 valence electrons. The summed E-state index contributed by atoms with van der Waals surface area (Å²) in [7, 11) is 9.23. The Morgan fingerprint density at radius 3 is 1.08 bits per heavy atom. The Morgan fingerprint density at radius 2 is 0.760 bits per heavy atom. The van der Waals surface area contributed by atoms with E-state index in [4.69, 9.17) is 10.00 Å². The molecule has 5 aliphatic heterocycles. The standard InChI is InChI=1S/C15H24N2.C14H22N2.C13H19N2.C13H16NO2.C11H11N2.2C7H8O3S.3BrH.2ClH/c1-17(2,3)12-6-10-16-11-9-14-7-4-5-8-15(14)13-16;1-16(2,3)11-10-15-9-8-13-6-4-5-7-14(13)12-15;1-14(2)9-10-15-8-7-12-5-3-4-6-13(12)11-15;1-2-16-13(15)10-14-8-7-11-5-3-4-6-12(11)9-14;12-6-8-13-7-5-10-3-1-2-4-11(10)9-13;2*1-6-2-4-7(5-3-6)11(8,9)10;;;;;/h4-5,7-8,13H,6,9-12H2,1-3H3;4-7,12H,8-11H2,1-3H3;3-6,11H,7-10H2,1-2H3;3-6,9H,2,7-8,10H2,1H3;1-4,9H,5,7-8H2;2*2-5H,1H3,(H,8,9,10);5*1H/q2*+2;3*+1;;;;;;;/p-7. The van der Waals surface area contributed by atoms with Crippen LogP contribution in [0.3, 0.4) is 0 Å². The first-order chi connectivity index (χ1) is 47.0. The number of nitrogens with zero attached hydrogens (tertiary/aromatic N) is 9. The van der Waals surface area contributed by atoms with Crippen molar-refractivity contribution in [2.24, 2.45) is 0 Å². The molecule has 17 nitrogen and oxygen atoms in total. The molecule has 0 bridgehead atoms. The second-order valence-corrected chi connectivity index (χ2v) is 30.4. The lowest BCUT2D eigenvalue weighted by Crippen LogP contribution is -3.00. The van der Waals surface area contributed by atoms with Gasteiger partial charge in [0.25, 0.3) is 0 Å². The van der Waals surface area contributed by atoms with Gasteiger partial charge in [0.15, 0.2) is 44.2 Å². The molecule has 5 aliphatic rings. The topological polar surface area (TPSA) is 183 Å². The largest absolute Gasteiger partial charge is 1.00 e. The van der Waals surface area contributed by atoms with E-state index in [9.17, 15) is 30.7 Å². The number of hydrogen-bond donors (Lipinski definition) is 0. The summed E-state index contributed by atoms with van der Waals surface area (Å²) in [6.07, 6.45) is 17.9. The predicted octanol–water partition coefficient (Wildman–Crippen LogP) is -6.36. The first kappa shape index (κ1) is 95.6. The van der Waals surface area contributed by atoms with Crippen molar-refractivity contribution in [1.82, 2.24) is 4.90 Å². The smallest absolute Gasteiger partial charge is 0.372 e. The van der Waals surface area contributed by atoms with Crippen molar-refractivity contribution in [1.29, 1.82) is 5.26 Å². The maximum absolute atomic E-state index is 11.3. The van der Waals surface area contributed by atoms with Crippen LogP contribution < -0.4 is 75.8 Å². The molecule has 24 heteroatoms. The second-order valence-electron chi connectivity index (χ2n) is 27.6. The van der Waals surface area contributed by atoms with Gasteiger partial charge in [-0.3, -0.25) is 0 Å². The molecule has 7 aromatic carbocycles. The summed E-state index contributed by atoms with van der Waals surface area (Å²) in [5.41, 5.74) is 15.7. The van der Waals surface area contributed by atoms with Crippen LogP contribution in [0, 0.1) is 25.2 Å². The van der Waals surface area contributed by atoms with Crippen molar-refractivity contribution in [3.8, 4) is 6.07 Å². The Kier molecular flexibility index (Phi) is 44.1. The van der Waals surface area contributed by atoms with Gasteiger partial charge in [0.05, 0.1) is 78.2 Å². The van der Waals surface area contributed by atoms with Gasteiger partial charge < -0.3 is 103 Å². The number of likely N-dealkylation sites (N-methyl/N-ethyl adjacent to an activating group) is 2. The summed E-state index contributed by atoms with van der Waals surface area (Å²) in [4.78, 5) is 13.2. The average Bonchev–Trinajstić information content (AvgIpc) is 0.937. The highest BCUT2D eigenvalue weighted by molar-refractivity contribution is 7.86. The summed E-state index contributed by atoms with van der Waals surface area (Å²) >= 11 is 0. The van der Waals surface area contributed by atoms with Crippen molar-refractivity contribution >= 4 is 57.3 Å². The normalized spacial score (nSPS) is 13.4. The summed E-state index contributed by atoms with van der Waals surface area (Å²) < 4.78 is 80.8. The van der Waals surface area contributed by atoms with Gasteiger partial charge >= 0.3 is 5.97 Å². The number of aryl methyl sites for hydroxylation is 2. The number of halogens is 5. The summed E-state index contributed by atoms with van der Waals surface area (Å²) in [6.45, 7) is 19.1. The Balaban J connectivity index is 0.000000605. The maximum Gasteiger partial charge on any atom is 0.372 e. The highest BCUT2D eigenvalue weighted by atomic mass is 79.9. The van der Waals surface area contributed by atoms with E-state index in [0.717, 1.165) is 78.7 Å². The van der Waals surface area contributed by atoms with Gasteiger partial charge in [-0.2, -0.15) is 5.26 Å². The van der Waals surface area contributed by atoms with Gasteiger partial charge in [-0.1, -0.05) is 126 Å². The average molecular weight is 1700 g/mol. The van der Waals surface area contributed by atoms with E-state index < -0.39 is 20.2 Å². The number of rotatable bonds is 16. The van der Waals surface area contributed by atoms with Crippen molar-refractivity contribution < 1.29 is 143 Å². The third-order valence-electron chi connectivity index (χ3n) is 16.9. The predicted molar refractivity (Wildman–Crippen MR) is 396 cm³/mol. The van der Waals surface area contributed by atoms with Crippen LogP contribution in [-0.4, -0.2) is 248 Å². The third kappa shape index (κ3) is 36.2. The molecular weight excluding hydrogens is 1590 g/mol. The first-order valence-corrected chi connectivity index (χ1v) is 37.0. The molecular formula is C80H106Br3Cl2N9O8S2. The highest BCUT2D eigenvalue weighted by Crippen LogP contribution is 2.17. The van der Waals surface area contributed by atoms with Crippen LogP contribution in [0.5, 0.6) is 0 Å². The number of fused-ring (bicyclic) bond motifs is 5. The molecule has 0 N–H and O–H groups in total. The van der Waals surface area contributed by atoms with Gasteiger partial charge in [-0.05, 0) is 117 Å². The van der Waals surface area contributed by atoms with E-state index in [0.29, 0.717) is 19.7 Å². The fourth-order valence-electron chi connectivity index (χ4n) is 11.2. The minimum absolute atomic E-state index is 0. The van der Waals surface area contributed by atoms with E-state index in [2.05, 4.69) is 214 Å². The van der Waals surface area contributed by atoms with E-state index >= 15 is 0 Å². The number of benzene rings is 7. The summed E-state index contributed by atoms with van der Waals surface area (Å²) in [5.74, 6) is -0.155. The third-order valence-corrected chi connectivity index (χ3v) is 18.6.